The van der Waals surface area contributed by atoms with E-state index in [2.05, 4.69) is 17.0 Å². The van der Waals surface area contributed by atoms with Gasteiger partial charge in [0.2, 0.25) is 0 Å². The first-order chi connectivity index (χ1) is 9.13. The van der Waals surface area contributed by atoms with Crippen LogP contribution in [0.5, 0.6) is 0 Å². The van der Waals surface area contributed by atoms with Gasteiger partial charge in [0.15, 0.2) is 5.78 Å². The van der Waals surface area contributed by atoms with Crippen molar-refractivity contribution in [2.45, 2.75) is 13.1 Å². The molecule has 0 spiro atoms. The summed E-state index contributed by atoms with van der Waals surface area (Å²) in [6.45, 7) is 2.01. The Morgan fingerprint density at radius 1 is 1.21 bits per heavy atom. The van der Waals surface area contributed by atoms with Crippen LogP contribution < -0.4 is 0 Å². The first-order valence-electron chi connectivity index (χ1n) is 5.90. The Kier molecular flexibility index (Phi) is 3.63. The fraction of sp³-hybridized carbons (Fsp3) is 0.214. The summed E-state index contributed by atoms with van der Waals surface area (Å²) in [7, 11) is 0. The molecule has 0 unspecified atom stereocenters. The molecule has 0 bridgehead atoms. The largest absolute Gasteiger partial charge is 0.293 e. The van der Waals surface area contributed by atoms with Crippen LogP contribution in [-0.2, 0) is 13.1 Å². The zero-order valence-electron chi connectivity index (χ0n) is 10.0. The number of hydrogen-bond acceptors (Lipinski definition) is 3. The lowest BCUT2D eigenvalue weighted by Crippen LogP contribution is -2.24. The maximum Gasteiger partial charge on any atom is 0.179 e. The predicted octanol–water partition coefficient (Wildman–Crippen LogP) is 4.25. The molecule has 2 nitrogen and oxygen atoms in total. The number of ketones is 1. The molecule has 98 valence electrons. The molecule has 1 aliphatic heterocycles. The highest BCUT2D eigenvalue weighted by Gasteiger charge is 2.22. The molecule has 0 aliphatic carbocycles. The van der Waals surface area contributed by atoms with Crippen LogP contribution in [0.2, 0.25) is 8.67 Å². The summed E-state index contributed by atoms with van der Waals surface area (Å²) in [5.74, 6) is 0.0287. The molecule has 0 radical (unpaired) electrons. The zero-order chi connectivity index (χ0) is 13.4. The van der Waals surface area contributed by atoms with E-state index in [0.29, 0.717) is 20.8 Å². The standard InChI is InChI=1S/C14H11Cl2NOS/c15-13-5-11(14(16)19-13)12(18)8-17-6-9-3-1-2-4-10(9)7-17/h1-5H,6-8H2. The van der Waals surface area contributed by atoms with Crippen molar-refractivity contribution in [1.29, 1.82) is 0 Å². The van der Waals surface area contributed by atoms with E-state index in [4.69, 9.17) is 23.2 Å². The Bertz CT molecular complexity index is 613. The van der Waals surface area contributed by atoms with Crippen molar-refractivity contribution in [2.75, 3.05) is 6.54 Å². The third-order valence-electron chi connectivity index (χ3n) is 3.23. The monoisotopic (exact) mass is 311 g/mol. The molecule has 0 fully saturated rings. The van der Waals surface area contributed by atoms with Gasteiger partial charge in [0.1, 0.15) is 4.34 Å². The minimum Gasteiger partial charge on any atom is -0.293 e. The van der Waals surface area contributed by atoms with E-state index in [1.54, 1.807) is 6.07 Å². The van der Waals surface area contributed by atoms with E-state index in [1.807, 2.05) is 12.1 Å². The molecule has 1 aromatic carbocycles. The average Bonchev–Trinajstić information content (AvgIpc) is 2.91. The van der Waals surface area contributed by atoms with E-state index >= 15 is 0 Å². The van der Waals surface area contributed by atoms with Crippen LogP contribution in [0, 0.1) is 0 Å². The summed E-state index contributed by atoms with van der Waals surface area (Å²) in [6, 6.07) is 9.92. The van der Waals surface area contributed by atoms with Gasteiger partial charge in [-0.15, -0.1) is 11.3 Å². The summed E-state index contributed by atoms with van der Waals surface area (Å²) in [4.78, 5) is 14.3. The maximum atomic E-state index is 12.2. The number of thiophene rings is 1. The smallest absolute Gasteiger partial charge is 0.179 e. The van der Waals surface area contributed by atoms with Gasteiger partial charge in [-0.2, -0.15) is 0 Å². The van der Waals surface area contributed by atoms with E-state index < -0.39 is 0 Å². The highest BCUT2D eigenvalue weighted by atomic mass is 35.5. The van der Waals surface area contributed by atoms with Crippen molar-refractivity contribution in [2.24, 2.45) is 0 Å². The summed E-state index contributed by atoms with van der Waals surface area (Å²) in [6.07, 6.45) is 0. The van der Waals surface area contributed by atoms with E-state index in [9.17, 15) is 4.79 Å². The van der Waals surface area contributed by atoms with Gasteiger partial charge < -0.3 is 0 Å². The zero-order valence-corrected chi connectivity index (χ0v) is 12.4. The van der Waals surface area contributed by atoms with Gasteiger partial charge in [-0.05, 0) is 17.2 Å². The van der Waals surface area contributed by atoms with Crippen LogP contribution in [-0.4, -0.2) is 17.2 Å². The third-order valence-corrected chi connectivity index (χ3v) is 4.72. The molecule has 3 rings (SSSR count). The van der Waals surface area contributed by atoms with Crippen LogP contribution in [0.3, 0.4) is 0 Å². The molecule has 19 heavy (non-hydrogen) atoms. The number of halogens is 2. The van der Waals surface area contributed by atoms with Crippen molar-refractivity contribution in [3.05, 3.63) is 55.7 Å². The van der Waals surface area contributed by atoms with E-state index in [-0.39, 0.29) is 5.78 Å². The highest BCUT2D eigenvalue weighted by molar-refractivity contribution is 7.20. The molecule has 0 amide bonds. The van der Waals surface area contributed by atoms with Crippen molar-refractivity contribution >= 4 is 40.3 Å². The first-order valence-corrected chi connectivity index (χ1v) is 7.48. The molecule has 0 N–H and O–H groups in total. The number of nitrogens with zero attached hydrogens (tertiary/aromatic N) is 1. The minimum atomic E-state index is 0.0287. The molecule has 1 aromatic heterocycles. The number of carbonyl (C=O) groups is 1. The van der Waals surface area contributed by atoms with E-state index in [0.717, 1.165) is 13.1 Å². The molecule has 0 saturated carbocycles. The molecule has 2 aromatic rings. The van der Waals surface area contributed by atoms with E-state index in [1.165, 1.54) is 22.5 Å². The molecule has 5 heteroatoms. The Morgan fingerprint density at radius 3 is 2.37 bits per heavy atom. The molecule has 1 aliphatic rings. The van der Waals surface area contributed by atoms with Crippen molar-refractivity contribution in [1.82, 2.24) is 4.90 Å². The minimum absolute atomic E-state index is 0.0287. The molecule has 0 atom stereocenters. The maximum absolute atomic E-state index is 12.2. The second-order valence-electron chi connectivity index (χ2n) is 4.57. The predicted molar refractivity (Wildman–Crippen MR) is 79.2 cm³/mol. The van der Waals surface area contributed by atoms with Gasteiger partial charge in [0.25, 0.3) is 0 Å². The molecular weight excluding hydrogens is 301 g/mol. The SMILES string of the molecule is O=C(CN1Cc2ccccc2C1)c1cc(Cl)sc1Cl. The lowest BCUT2D eigenvalue weighted by atomic mass is 10.1. The quantitative estimate of drug-likeness (QED) is 0.790. The van der Waals surface area contributed by atoms with Crippen LogP contribution in [0.4, 0.5) is 0 Å². The fourth-order valence-corrected chi connectivity index (χ4v) is 3.83. The summed E-state index contributed by atoms with van der Waals surface area (Å²) >= 11 is 13.1. The summed E-state index contributed by atoms with van der Waals surface area (Å²) < 4.78 is 1.03. The van der Waals surface area contributed by atoms with Crippen LogP contribution in [0.15, 0.2) is 30.3 Å². The Balaban J connectivity index is 1.71. The molecular formula is C14H11Cl2NOS. The number of fused-ring (bicyclic) bond motifs is 1. The fourth-order valence-electron chi connectivity index (χ4n) is 2.33. The van der Waals surface area contributed by atoms with Crippen LogP contribution in [0.25, 0.3) is 0 Å². The number of carbonyl (C=O) groups excluding carboxylic acids is 1. The summed E-state index contributed by atoms with van der Waals surface area (Å²) in [5.41, 5.74) is 3.13. The second-order valence-corrected chi connectivity index (χ2v) is 6.86. The Hall–Kier alpha value is -0.870. The number of hydrogen-bond donors (Lipinski definition) is 0. The number of Topliss-reactive ketones (excluding diaryl/α,β-unsaturated/α-hetero) is 1. The number of rotatable bonds is 3. The van der Waals surface area contributed by atoms with Gasteiger partial charge in [-0.3, -0.25) is 9.69 Å². The topological polar surface area (TPSA) is 20.3 Å². The van der Waals surface area contributed by atoms with Gasteiger partial charge in [0, 0.05) is 13.1 Å². The number of benzene rings is 1. The lowest BCUT2D eigenvalue weighted by molar-refractivity contribution is 0.0930. The van der Waals surface area contributed by atoms with Crippen LogP contribution >= 0.6 is 34.5 Å². The normalized spacial score (nSPS) is 14.6. The van der Waals surface area contributed by atoms with Crippen molar-refractivity contribution in [3.8, 4) is 0 Å². The van der Waals surface area contributed by atoms with Crippen molar-refractivity contribution in [3.63, 3.8) is 0 Å². The van der Waals surface area contributed by atoms with Gasteiger partial charge in [0.05, 0.1) is 16.4 Å². The first kappa shape index (κ1) is 13.1. The van der Waals surface area contributed by atoms with Crippen molar-refractivity contribution < 1.29 is 4.79 Å². The molecule has 0 saturated heterocycles. The second kappa shape index (κ2) is 5.25. The molecule has 2 heterocycles. The Labute approximate surface area is 125 Å². The summed E-state index contributed by atoms with van der Waals surface area (Å²) in [5, 5.41) is 0. The van der Waals surface area contributed by atoms with Gasteiger partial charge >= 0.3 is 0 Å². The van der Waals surface area contributed by atoms with Gasteiger partial charge in [-0.25, -0.2) is 0 Å². The lowest BCUT2D eigenvalue weighted by Gasteiger charge is -2.13. The third kappa shape index (κ3) is 2.70. The van der Waals surface area contributed by atoms with Crippen LogP contribution in [0.1, 0.15) is 21.5 Å². The van der Waals surface area contributed by atoms with Gasteiger partial charge in [-0.1, -0.05) is 47.5 Å². The highest BCUT2D eigenvalue weighted by Crippen LogP contribution is 2.32. The average molecular weight is 312 g/mol. The Morgan fingerprint density at radius 2 is 1.84 bits per heavy atom.